The maximum atomic E-state index is 5.69. The van der Waals surface area contributed by atoms with Crippen LogP contribution >= 0.6 is 0 Å². The molecule has 16 heavy (non-hydrogen) atoms. The molecular weight excluding hydrogens is 196 g/mol. The summed E-state index contributed by atoms with van der Waals surface area (Å²) in [6, 6.07) is 8.62. The van der Waals surface area contributed by atoms with Crippen molar-refractivity contribution < 1.29 is 0 Å². The molecule has 0 aromatic heterocycles. The molecule has 0 spiro atoms. The number of benzene rings is 1. The van der Waals surface area contributed by atoms with E-state index in [2.05, 4.69) is 50.4 Å². The Bertz CT molecular complexity index is 318. The second-order valence-corrected chi connectivity index (χ2v) is 5.28. The lowest BCUT2D eigenvalue weighted by atomic mass is 9.90. The van der Waals surface area contributed by atoms with Crippen molar-refractivity contribution in [3.63, 3.8) is 0 Å². The largest absolute Gasteiger partial charge is 0.330 e. The fraction of sp³-hybridized carbons (Fsp3) is 0.571. The number of hydrogen-bond acceptors (Lipinski definition) is 2. The lowest BCUT2D eigenvalue weighted by Crippen LogP contribution is -2.28. The molecule has 0 unspecified atom stereocenters. The van der Waals surface area contributed by atoms with Crippen molar-refractivity contribution >= 4 is 0 Å². The van der Waals surface area contributed by atoms with Crippen molar-refractivity contribution in [3.05, 3.63) is 35.4 Å². The van der Waals surface area contributed by atoms with Crippen molar-refractivity contribution in [1.82, 2.24) is 5.32 Å². The van der Waals surface area contributed by atoms with E-state index < -0.39 is 0 Å². The van der Waals surface area contributed by atoms with Crippen LogP contribution in [-0.4, -0.2) is 13.1 Å². The SMILES string of the molecule is Cc1cccc(CNCCC(C)(C)CN)c1. The number of nitrogens with one attached hydrogen (secondary N) is 1. The standard InChI is InChI=1S/C14H24N2/c1-12-5-4-6-13(9-12)10-16-8-7-14(2,3)11-15/h4-6,9,16H,7-8,10-11,15H2,1-3H3. The minimum Gasteiger partial charge on any atom is -0.330 e. The van der Waals surface area contributed by atoms with Crippen molar-refractivity contribution in [1.29, 1.82) is 0 Å². The van der Waals surface area contributed by atoms with Crippen LogP contribution in [-0.2, 0) is 6.54 Å². The molecule has 2 heteroatoms. The summed E-state index contributed by atoms with van der Waals surface area (Å²) in [5.74, 6) is 0. The Morgan fingerprint density at radius 2 is 2.06 bits per heavy atom. The minimum absolute atomic E-state index is 0.250. The van der Waals surface area contributed by atoms with Gasteiger partial charge in [-0.1, -0.05) is 43.7 Å². The summed E-state index contributed by atoms with van der Waals surface area (Å²) in [4.78, 5) is 0. The second kappa shape index (κ2) is 6.02. The monoisotopic (exact) mass is 220 g/mol. The fourth-order valence-corrected chi connectivity index (χ4v) is 1.58. The maximum Gasteiger partial charge on any atom is 0.0205 e. The highest BCUT2D eigenvalue weighted by atomic mass is 14.8. The number of nitrogens with two attached hydrogens (primary N) is 1. The van der Waals surface area contributed by atoms with Gasteiger partial charge in [0.1, 0.15) is 0 Å². The van der Waals surface area contributed by atoms with Gasteiger partial charge >= 0.3 is 0 Å². The molecule has 0 fully saturated rings. The molecule has 3 N–H and O–H groups in total. The second-order valence-electron chi connectivity index (χ2n) is 5.28. The van der Waals surface area contributed by atoms with Crippen LogP contribution in [0.4, 0.5) is 0 Å². The lowest BCUT2D eigenvalue weighted by molar-refractivity contribution is 0.339. The van der Waals surface area contributed by atoms with Crippen molar-refractivity contribution in [2.75, 3.05) is 13.1 Å². The minimum atomic E-state index is 0.250. The van der Waals surface area contributed by atoms with Crippen LogP contribution in [0.2, 0.25) is 0 Å². The fourth-order valence-electron chi connectivity index (χ4n) is 1.58. The third-order valence-electron chi connectivity index (χ3n) is 2.94. The summed E-state index contributed by atoms with van der Waals surface area (Å²) in [5, 5.41) is 3.46. The van der Waals surface area contributed by atoms with Gasteiger partial charge in [-0.2, -0.15) is 0 Å². The predicted octanol–water partition coefficient (Wildman–Crippen LogP) is 2.46. The van der Waals surface area contributed by atoms with Gasteiger partial charge in [0.05, 0.1) is 0 Å². The van der Waals surface area contributed by atoms with Gasteiger partial charge in [0, 0.05) is 6.54 Å². The molecule has 0 bridgehead atoms. The number of rotatable bonds is 6. The van der Waals surface area contributed by atoms with E-state index in [0.29, 0.717) is 0 Å². The zero-order valence-electron chi connectivity index (χ0n) is 10.7. The molecule has 1 aromatic carbocycles. The highest BCUT2D eigenvalue weighted by molar-refractivity contribution is 5.21. The summed E-state index contributed by atoms with van der Waals surface area (Å²) >= 11 is 0. The third kappa shape index (κ3) is 4.77. The van der Waals surface area contributed by atoms with Crippen LogP contribution < -0.4 is 11.1 Å². The van der Waals surface area contributed by atoms with E-state index in [9.17, 15) is 0 Å². The van der Waals surface area contributed by atoms with E-state index in [0.717, 1.165) is 26.1 Å². The van der Waals surface area contributed by atoms with Crippen LogP contribution in [0, 0.1) is 12.3 Å². The Hall–Kier alpha value is -0.860. The Kier molecular flexibility index (Phi) is 4.97. The molecule has 0 aliphatic carbocycles. The predicted molar refractivity (Wildman–Crippen MR) is 70.3 cm³/mol. The zero-order chi connectivity index (χ0) is 12.0. The van der Waals surface area contributed by atoms with E-state index in [1.165, 1.54) is 11.1 Å². The summed E-state index contributed by atoms with van der Waals surface area (Å²) in [6.07, 6.45) is 1.12. The molecule has 0 saturated carbocycles. The normalized spacial score (nSPS) is 11.8. The molecule has 0 aliphatic heterocycles. The highest BCUT2D eigenvalue weighted by Crippen LogP contribution is 2.16. The highest BCUT2D eigenvalue weighted by Gasteiger charge is 2.14. The van der Waals surface area contributed by atoms with Gasteiger partial charge < -0.3 is 11.1 Å². The average molecular weight is 220 g/mol. The molecule has 0 heterocycles. The van der Waals surface area contributed by atoms with E-state index in [1.807, 2.05) is 0 Å². The van der Waals surface area contributed by atoms with Gasteiger partial charge in [-0.15, -0.1) is 0 Å². The molecule has 1 aromatic rings. The van der Waals surface area contributed by atoms with Crippen molar-refractivity contribution in [2.24, 2.45) is 11.1 Å². The summed E-state index contributed by atoms with van der Waals surface area (Å²) in [5.41, 5.74) is 8.61. The van der Waals surface area contributed by atoms with E-state index in [1.54, 1.807) is 0 Å². The molecule has 0 amide bonds. The van der Waals surface area contributed by atoms with Gasteiger partial charge in [-0.3, -0.25) is 0 Å². The maximum absolute atomic E-state index is 5.69. The number of hydrogen-bond donors (Lipinski definition) is 2. The van der Waals surface area contributed by atoms with Crippen LogP contribution in [0.1, 0.15) is 31.4 Å². The average Bonchev–Trinajstić information content (AvgIpc) is 2.25. The lowest BCUT2D eigenvalue weighted by Gasteiger charge is -2.22. The van der Waals surface area contributed by atoms with Crippen molar-refractivity contribution in [2.45, 2.75) is 33.7 Å². The van der Waals surface area contributed by atoms with Crippen molar-refractivity contribution in [3.8, 4) is 0 Å². The quantitative estimate of drug-likeness (QED) is 0.723. The Balaban J connectivity index is 2.26. The van der Waals surface area contributed by atoms with Gasteiger partial charge in [0.15, 0.2) is 0 Å². The van der Waals surface area contributed by atoms with Gasteiger partial charge in [0.25, 0.3) is 0 Å². The van der Waals surface area contributed by atoms with Crippen LogP contribution in [0.15, 0.2) is 24.3 Å². The Labute approximate surface area is 99.2 Å². The third-order valence-corrected chi connectivity index (χ3v) is 2.94. The van der Waals surface area contributed by atoms with Gasteiger partial charge in [-0.25, -0.2) is 0 Å². The van der Waals surface area contributed by atoms with Gasteiger partial charge in [-0.05, 0) is 37.4 Å². The van der Waals surface area contributed by atoms with E-state index in [4.69, 9.17) is 5.73 Å². The molecule has 0 saturated heterocycles. The Morgan fingerprint density at radius 3 is 2.69 bits per heavy atom. The molecule has 2 nitrogen and oxygen atoms in total. The smallest absolute Gasteiger partial charge is 0.0205 e. The zero-order valence-corrected chi connectivity index (χ0v) is 10.7. The molecule has 0 aliphatic rings. The number of aryl methyl sites for hydroxylation is 1. The Morgan fingerprint density at radius 1 is 1.31 bits per heavy atom. The summed E-state index contributed by atoms with van der Waals surface area (Å²) in [7, 11) is 0. The molecule has 1 rings (SSSR count). The molecule has 90 valence electrons. The molecular formula is C14H24N2. The van der Waals surface area contributed by atoms with E-state index >= 15 is 0 Å². The summed E-state index contributed by atoms with van der Waals surface area (Å²) < 4.78 is 0. The first-order chi connectivity index (χ1) is 7.53. The molecule has 0 atom stereocenters. The summed E-state index contributed by atoms with van der Waals surface area (Å²) in [6.45, 7) is 9.27. The first-order valence-electron chi connectivity index (χ1n) is 6.00. The van der Waals surface area contributed by atoms with Crippen LogP contribution in [0.3, 0.4) is 0 Å². The van der Waals surface area contributed by atoms with Crippen LogP contribution in [0.25, 0.3) is 0 Å². The van der Waals surface area contributed by atoms with Gasteiger partial charge in [0.2, 0.25) is 0 Å². The first kappa shape index (κ1) is 13.2. The van der Waals surface area contributed by atoms with Crippen LogP contribution in [0.5, 0.6) is 0 Å². The van der Waals surface area contributed by atoms with E-state index in [-0.39, 0.29) is 5.41 Å². The molecule has 0 radical (unpaired) electrons. The topological polar surface area (TPSA) is 38.0 Å². The first-order valence-corrected chi connectivity index (χ1v) is 6.00.